The summed E-state index contributed by atoms with van der Waals surface area (Å²) in [6.07, 6.45) is 14.8. The summed E-state index contributed by atoms with van der Waals surface area (Å²) in [5.74, 6) is 3.39. The van der Waals surface area contributed by atoms with Gasteiger partial charge in [-0.2, -0.15) is 0 Å². The molecule has 0 spiro atoms. The van der Waals surface area contributed by atoms with E-state index in [-0.39, 0.29) is 22.9 Å². The molecule has 4 aliphatic carbocycles. The van der Waals surface area contributed by atoms with Crippen molar-refractivity contribution >= 4 is 11.9 Å². The fourth-order valence-corrected chi connectivity index (χ4v) is 8.25. The Hall–Kier alpha value is -1.87. The number of aliphatic hydroxyl groups is 1. The van der Waals surface area contributed by atoms with Gasteiger partial charge in [0.1, 0.15) is 5.75 Å². The summed E-state index contributed by atoms with van der Waals surface area (Å²) in [5.41, 5.74) is 2.96. The molecular weight excluding hydrogens is 408 g/mol. The highest BCUT2D eigenvalue weighted by Crippen LogP contribution is 2.66. The molecule has 3 heteroatoms. The van der Waals surface area contributed by atoms with Gasteiger partial charge in [-0.05, 0) is 111 Å². The van der Waals surface area contributed by atoms with Gasteiger partial charge in [0, 0.05) is 5.92 Å². The first kappa shape index (κ1) is 22.9. The minimum Gasteiger partial charge on any atom is -0.494 e. The summed E-state index contributed by atoms with van der Waals surface area (Å²) in [7, 11) is 0. The van der Waals surface area contributed by atoms with Crippen LogP contribution >= 0.6 is 0 Å². The molecule has 0 unspecified atom stereocenters. The normalized spacial score (nSPS) is 40.0. The third-order valence-electron chi connectivity index (χ3n) is 10.1. The third kappa shape index (κ3) is 3.91. The van der Waals surface area contributed by atoms with E-state index in [2.05, 4.69) is 19.9 Å². The molecule has 0 heterocycles. The molecule has 3 fully saturated rings. The molecule has 0 amide bonds. The van der Waals surface area contributed by atoms with E-state index in [1.54, 1.807) is 0 Å². The van der Waals surface area contributed by atoms with Crippen LogP contribution in [-0.2, 0) is 4.79 Å². The van der Waals surface area contributed by atoms with Crippen LogP contribution in [0.15, 0.2) is 42.0 Å². The summed E-state index contributed by atoms with van der Waals surface area (Å²) in [6.45, 7) is 7.54. The van der Waals surface area contributed by atoms with Crippen molar-refractivity contribution in [1.82, 2.24) is 0 Å². The molecule has 7 atom stereocenters. The number of carbonyl (C=O) groups excluding carboxylic acids is 1. The number of hydrogen-bond acceptors (Lipinski definition) is 3. The molecule has 1 aromatic carbocycles. The quantitative estimate of drug-likeness (QED) is 0.407. The number of allylic oxidation sites excluding steroid dienone is 2. The smallest absolute Gasteiger partial charge is 0.159 e. The van der Waals surface area contributed by atoms with Crippen molar-refractivity contribution in [1.29, 1.82) is 0 Å². The van der Waals surface area contributed by atoms with Gasteiger partial charge in [-0.15, -0.1) is 0 Å². The highest BCUT2D eigenvalue weighted by atomic mass is 16.5. The lowest BCUT2D eigenvalue weighted by Gasteiger charge is -2.57. The van der Waals surface area contributed by atoms with E-state index in [4.69, 9.17) is 4.74 Å². The van der Waals surface area contributed by atoms with E-state index in [0.29, 0.717) is 24.2 Å². The highest BCUT2D eigenvalue weighted by Gasteiger charge is 2.59. The first-order chi connectivity index (χ1) is 15.8. The Kier molecular flexibility index (Phi) is 6.05. The molecule has 33 heavy (non-hydrogen) atoms. The van der Waals surface area contributed by atoms with Gasteiger partial charge in [0.05, 0.1) is 12.7 Å². The van der Waals surface area contributed by atoms with Gasteiger partial charge in [0.2, 0.25) is 0 Å². The lowest BCUT2D eigenvalue weighted by molar-refractivity contribution is -0.124. The molecule has 0 aromatic heterocycles. The second kappa shape index (κ2) is 8.73. The van der Waals surface area contributed by atoms with E-state index in [1.165, 1.54) is 18.4 Å². The van der Waals surface area contributed by atoms with Gasteiger partial charge in [0.25, 0.3) is 0 Å². The highest BCUT2D eigenvalue weighted by molar-refractivity contribution is 5.96. The van der Waals surface area contributed by atoms with Crippen molar-refractivity contribution in [2.24, 2.45) is 34.5 Å². The molecule has 0 saturated heterocycles. The number of benzene rings is 1. The van der Waals surface area contributed by atoms with Crippen LogP contribution in [-0.4, -0.2) is 23.6 Å². The van der Waals surface area contributed by atoms with Gasteiger partial charge in [-0.1, -0.05) is 43.7 Å². The number of aliphatic hydroxyl groups excluding tert-OH is 1. The standard InChI is InChI=1S/C30H40O3/c1-4-33-23-9-5-20(6-10-23)7-14-28(32)27-13-12-25-24-11-8-21-19-22(31)15-17-29(21,2)26(24)16-18-30(25,27)3/h5-10,14,22,24-27,31H,4,11-13,15-19H2,1-3H3/b14-7+/t22-,24-,25-,26-,27+,29-,30-/m0/s1. The van der Waals surface area contributed by atoms with Crippen molar-refractivity contribution < 1.29 is 14.6 Å². The number of ether oxygens (including phenoxy) is 1. The van der Waals surface area contributed by atoms with Crippen LogP contribution in [0.2, 0.25) is 0 Å². The molecule has 3 nitrogen and oxygen atoms in total. The Morgan fingerprint density at radius 3 is 2.64 bits per heavy atom. The first-order valence-corrected chi connectivity index (χ1v) is 13.2. The largest absolute Gasteiger partial charge is 0.494 e. The zero-order valence-corrected chi connectivity index (χ0v) is 20.6. The van der Waals surface area contributed by atoms with Crippen LogP contribution in [0.25, 0.3) is 6.08 Å². The van der Waals surface area contributed by atoms with Crippen LogP contribution < -0.4 is 4.74 Å². The molecule has 0 aliphatic heterocycles. The monoisotopic (exact) mass is 448 g/mol. The molecule has 0 radical (unpaired) electrons. The second-order valence-corrected chi connectivity index (χ2v) is 11.6. The topological polar surface area (TPSA) is 46.5 Å². The zero-order valence-electron chi connectivity index (χ0n) is 20.6. The predicted octanol–water partition coefficient (Wildman–Crippen LogP) is 6.61. The average Bonchev–Trinajstić information content (AvgIpc) is 3.16. The van der Waals surface area contributed by atoms with E-state index in [0.717, 1.165) is 55.8 Å². The summed E-state index contributed by atoms with van der Waals surface area (Å²) in [4.78, 5) is 13.4. The zero-order chi connectivity index (χ0) is 23.2. The number of hydrogen-bond donors (Lipinski definition) is 1. The second-order valence-electron chi connectivity index (χ2n) is 11.6. The Balaban J connectivity index is 1.31. The average molecular weight is 449 g/mol. The fourth-order valence-electron chi connectivity index (χ4n) is 8.25. The van der Waals surface area contributed by atoms with Gasteiger partial charge >= 0.3 is 0 Å². The van der Waals surface area contributed by atoms with Gasteiger partial charge in [-0.25, -0.2) is 0 Å². The Morgan fingerprint density at radius 2 is 1.88 bits per heavy atom. The van der Waals surface area contributed by atoms with E-state index in [1.807, 2.05) is 43.3 Å². The van der Waals surface area contributed by atoms with Crippen molar-refractivity contribution in [2.75, 3.05) is 6.61 Å². The van der Waals surface area contributed by atoms with E-state index >= 15 is 0 Å². The van der Waals surface area contributed by atoms with Gasteiger partial charge in [-0.3, -0.25) is 4.79 Å². The molecule has 1 N–H and O–H groups in total. The maximum absolute atomic E-state index is 13.4. The molecule has 4 aliphatic rings. The first-order valence-electron chi connectivity index (χ1n) is 13.2. The summed E-state index contributed by atoms with van der Waals surface area (Å²) >= 11 is 0. The van der Waals surface area contributed by atoms with Crippen molar-refractivity contribution in [3.63, 3.8) is 0 Å². The van der Waals surface area contributed by atoms with Crippen LogP contribution in [0.5, 0.6) is 5.75 Å². The van der Waals surface area contributed by atoms with Crippen molar-refractivity contribution in [2.45, 2.75) is 78.2 Å². The number of rotatable bonds is 5. The number of carbonyl (C=O) groups is 1. The Labute approximate surface area is 199 Å². The van der Waals surface area contributed by atoms with Gasteiger partial charge < -0.3 is 9.84 Å². The summed E-state index contributed by atoms with van der Waals surface area (Å²) in [5, 5.41) is 10.2. The van der Waals surface area contributed by atoms with Crippen LogP contribution in [0.3, 0.4) is 0 Å². The fraction of sp³-hybridized carbons (Fsp3) is 0.633. The maximum atomic E-state index is 13.4. The predicted molar refractivity (Wildman–Crippen MR) is 133 cm³/mol. The number of ketones is 1. The maximum Gasteiger partial charge on any atom is 0.159 e. The molecular formula is C30H40O3. The minimum absolute atomic E-state index is 0.122. The molecule has 0 bridgehead atoms. The Bertz CT molecular complexity index is 944. The Morgan fingerprint density at radius 1 is 1.09 bits per heavy atom. The SMILES string of the molecule is CCOc1ccc(/C=C/C(=O)[C@H]2CC[C@H]3[C@@H]4CC=C5C[C@@H](O)CC[C@]5(C)[C@H]4CC[C@]23C)cc1. The minimum atomic E-state index is -0.148. The van der Waals surface area contributed by atoms with E-state index < -0.39 is 0 Å². The van der Waals surface area contributed by atoms with Crippen molar-refractivity contribution in [3.05, 3.63) is 47.6 Å². The molecule has 1 aromatic rings. The van der Waals surface area contributed by atoms with E-state index in [9.17, 15) is 9.90 Å². The number of fused-ring (bicyclic) bond motifs is 5. The molecule has 3 saturated carbocycles. The lowest BCUT2D eigenvalue weighted by Crippen LogP contribution is -2.50. The lowest BCUT2D eigenvalue weighted by atomic mass is 9.47. The van der Waals surface area contributed by atoms with Crippen LogP contribution in [0.1, 0.15) is 77.7 Å². The van der Waals surface area contributed by atoms with Crippen LogP contribution in [0, 0.1) is 34.5 Å². The summed E-state index contributed by atoms with van der Waals surface area (Å²) < 4.78 is 5.52. The third-order valence-corrected chi connectivity index (χ3v) is 10.1. The molecule has 5 rings (SSSR count). The summed E-state index contributed by atoms with van der Waals surface area (Å²) in [6, 6.07) is 7.98. The molecule has 178 valence electrons. The van der Waals surface area contributed by atoms with Crippen molar-refractivity contribution in [3.8, 4) is 5.75 Å². The van der Waals surface area contributed by atoms with Gasteiger partial charge in [0.15, 0.2) is 5.78 Å². The van der Waals surface area contributed by atoms with Crippen LogP contribution in [0.4, 0.5) is 0 Å².